The minimum Gasteiger partial charge on any atom is -0.292 e. The second-order valence-corrected chi connectivity index (χ2v) is 17.7. The quantitative estimate of drug-likeness (QED) is 0.276. The van der Waals surface area contributed by atoms with Gasteiger partial charge in [-0.1, -0.05) is 48.5 Å². The number of alkyl halides is 3. The Kier molecular flexibility index (Phi) is 8.77. The molecule has 0 aromatic heterocycles. The molecule has 3 aromatic carbocycles. The molecule has 0 saturated carbocycles. The first-order valence-corrected chi connectivity index (χ1v) is 16.9. The minimum atomic E-state index is -4.64. The third kappa shape index (κ3) is 6.17. The van der Waals surface area contributed by atoms with Gasteiger partial charge in [0.05, 0.1) is 30.9 Å². The zero-order chi connectivity index (χ0) is 31.1. The highest BCUT2D eigenvalue weighted by Crippen LogP contribution is 2.42. The molecule has 228 valence electrons. The van der Waals surface area contributed by atoms with Crippen molar-refractivity contribution in [1.82, 2.24) is 4.90 Å². The van der Waals surface area contributed by atoms with Gasteiger partial charge in [0.15, 0.2) is 19.7 Å². The third-order valence-electron chi connectivity index (χ3n) is 8.47. The van der Waals surface area contributed by atoms with E-state index in [2.05, 4.69) is 4.90 Å². The maximum atomic E-state index is 13.6. The summed E-state index contributed by atoms with van der Waals surface area (Å²) < 4.78 is 90.9. The lowest BCUT2D eigenvalue weighted by molar-refractivity contribution is -0.137. The Morgan fingerprint density at radius 2 is 1.24 bits per heavy atom. The third-order valence-corrected chi connectivity index (χ3v) is 13.6. The Morgan fingerprint density at radius 3 is 1.76 bits per heavy atom. The molecule has 1 fully saturated rings. The maximum Gasteiger partial charge on any atom is 0.416 e. The molecule has 0 amide bonds. The number of likely N-dealkylation sites (tertiary alicyclic amines) is 1. The Morgan fingerprint density at radius 1 is 0.690 bits per heavy atom. The second-order valence-electron chi connectivity index (χ2n) is 12.4. The van der Waals surface area contributed by atoms with E-state index in [1.807, 2.05) is 42.5 Å². The summed E-state index contributed by atoms with van der Waals surface area (Å²) in [6.45, 7) is 9.34. The van der Waals surface area contributed by atoms with Crippen molar-refractivity contribution in [3.05, 3.63) is 95.6 Å². The van der Waals surface area contributed by atoms with Crippen LogP contribution in [-0.2, 0) is 25.9 Å². The smallest absolute Gasteiger partial charge is 0.292 e. The minimum absolute atomic E-state index is 0.179. The van der Waals surface area contributed by atoms with Crippen LogP contribution in [0.25, 0.3) is 0 Å². The van der Waals surface area contributed by atoms with Crippen LogP contribution in [0.1, 0.15) is 70.2 Å². The molecule has 0 N–H and O–H groups in total. The summed E-state index contributed by atoms with van der Waals surface area (Å²) in [5, 5.41) is 0. The lowest BCUT2D eigenvalue weighted by atomic mass is 9.84. The van der Waals surface area contributed by atoms with Gasteiger partial charge in [0.1, 0.15) is 0 Å². The van der Waals surface area contributed by atoms with E-state index in [1.54, 1.807) is 46.8 Å². The summed E-state index contributed by atoms with van der Waals surface area (Å²) in [7, 11) is -7.58. The molecule has 4 rings (SSSR count). The number of hydrogen-bond acceptors (Lipinski definition) is 5. The van der Waals surface area contributed by atoms with E-state index in [-0.39, 0.29) is 21.8 Å². The first-order chi connectivity index (χ1) is 19.4. The van der Waals surface area contributed by atoms with Crippen LogP contribution in [0.3, 0.4) is 0 Å². The molecular formula is C32H38F3NO4S2. The van der Waals surface area contributed by atoms with Crippen LogP contribution < -0.4 is 0 Å². The second kappa shape index (κ2) is 11.4. The SMILES string of the molecule is CC(C)(C)S(=O)(=O)c1ccc(C(c2ccccc2)N2CCC(C(C)(C)S(=O)(=O)c3cccc(C(F)(F)F)c3)CC2)cc1. The Hall–Kier alpha value is -2.69. The zero-order valence-electron chi connectivity index (χ0n) is 24.5. The van der Waals surface area contributed by atoms with E-state index in [4.69, 9.17) is 0 Å². The van der Waals surface area contributed by atoms with Crippen molar-refractivity contribution in [2.24, 2.45) is 5.92 Å². The molecule has 1 saturated heterocycles. The van der Waals surface area contributed by atoms with Gasteiger partial charge < -0.3 is 0 Å². The summed E-state index contributed by atoms with van der Waals surface area (Å²) in [4.78, 5) is 2.19. The van der Waals surface area contributed by atoms with Crippen molar-refractivity contribution in [2.75, 3.05) is 13.1 Å². The maximum absolute atomic E-state index is 13.6. The molecule has 42 heavy (non-hydrogen) atoms. The molecular weight excluding hydrogens is 583 g/mol. The fourth-order valence-electron chi connectivity index (χ4n) is 5.65. The van der Waals surface area contributed by atoms with Crippen molar-refractivity contribution in [1.29, 1.82) is 0 Å². The summed E-state index contributed by atoms with van der Waals surface area (Å²) in [5.41, 5.74) is 0.961. The highest BCUT2D eigenvalue weighted by atomic mass is 32.2. The lowest BCUT2D eigenvalue weighted by Crippen LogP contribution is -2.47. The largest absolute Gasteiger partial charge is 0.416 e. The molecule has 1 aliphatic rings. The van der Waals surface area contributed by atoms with Crippen LogP contribution in [0.4, 0.5) is 13.2 Å². The zero-order valence-corrected chi connectivity index (χ0v) is 26.2. The van der Waals surface area contributed by atoms with Crippen LogP contribution in [0.5, 0.6) is 0 Å². The number of halogens is 3. The molecule has 1 heterocycles. The van der Waals surface area contributed by atoms with Gasteiger partial charge in [-0.25, -0.2) is 16.8 Å². The molecule has 5 nitrogen and oxygen atoms in total. The molecule has 1 unspecified atom stereocenters. The van der Waals surface area contributed by atoms with Crippen LogP contribution in [-0.4, -0.2) is 44.3 Å². The van der Waals surface area contributed by atoms with Gasteiger partial charge in [-0.2, -0.15) is 13.2 Å². The number of rotatable bonds is 7. The first-order valence-electron chi connectivity index (χ1n) is 13.9. The molecule has 0 aliphatic carbocycles. The van der Waals surface area contributed by atoms with Gasteiger partial charge in [0.2, 0.25) is 0 Å². The normalized spacial score (nSPS) is 17.2. The van der Waals surface area contributed by atoms with Gasteiger partial charge in [0.25, 0.3) is 0 Å². The van der Waals surface area contributed by atoms with Crippen molar-refractivity contribution in [2.45, 2.75) is 79.0 Å². The lowest BCUT2D eigenvalue weighted by Gasteiger charge is -2.43. The number of piperidine rings is 1. The van der Waals surface area contributed by atoms with Crippen LogP contribution >= 0.6 is 0 Å². The summed E-state index contributed by atoms with van der Waals surface area (Å²) in [5.74, 6) is -0.274. The van der Waals surface area contributed by atoms with E-state index in [0.29, 0.717) is 25.9 Å². The van der Waals surface area contributed by atoms with E-state index < -0.39 is 40.9 Å². The van der Waals surface area contributed by atoms with E-state index in [1.165, 1.54) is 6.07 Å². The molecule has 0 spiro atoms. The van der Waals surface area contributed by atoms with Gasteiger partial charge in [0, 0.05) is 0 Å². The molecule has 0 radical (unpaired) electrons. The summed E-state index contributed by atoms with van der Waals surface area (Å²) >= 11 is 0. The average Bonchev–Trinajstić information content (AvgIpc) is 2.93. The van der Waals surface area contributed by atoms with E-state index >= 15 is 0 Å². The number of sulfone groups is 2. The first kappa shape index (κ1) is 32.2. The average molecular weight is 622 g/mol. The fourth-order valence-corrected chi connectivity index (χ4v) is 8.67. The number of nitrogens with zero attached hydrogens (tertiary/aromatic N) is 1. The molecule has 3 aromatic rings. The summed E-state index contributed by atoms with van der Waals surface area (Å²) in [6, 6.07) is 20.6. The number of hydrogen-bond donors (Lipinski definition) is 0. The topological polar surface area (TPSA) is 71.5 Å². The molecule has 1 aliphatic heterocycles. The van der Waals surface area contributed by atoms with E-state index in [0.717, 1.165) is 29.3 Å². The highest BCUT2D eigenvalue weighted by Gasteiger charge is 2.45. The Balaban J connectivity index is 1.59. The highest BCUT2D eigenvalue weighted by molar-refractivity contribution is 7.93. The monoisotopic (exact) mass is 621 g/mol. The van der Waals surface area contributed by atoms with Gasteiger partial charge in [-0.05, 0) is 108 Å². The van der Waals surface area contributed by atoms with Crippen LogP contribution in [0.2, 0.25) is 0 Å². The fraction of sp³-hybridized carbons (Fsp3) is 0.438. The summed E-state index contributed by atoms with van der Waals surface area (Å²) in [6.07, 6.45) is -3.57. The van der Waals surface area contributed by atoms with E-state index in [9.17, 15) is 30.0 Å². The van der Waals surface area contributed by atoms with Crippen molar-refractivity contribution < 1.29 is 30.0 Å². The van der Waals surface area contributed by atoms with Crippen LogP contribution in [0.15, 0.2) is 88.7 Å². The van der Waals surface area contributed by atoms with Gasteiger partial charge in [-0.3, -0.25) is 4.90 Å². The van der Waals surface area contributed by atoms with Crippen molar-refractivity contribution in [3.63, 3.8) is 0 Å². The predicted octanol–water partition coefficient (Wildman–Crippen LogP) is 7.33. The Labute approximate surface area is 247 Å². The van der Waals surface area contributed by atoms with Gasteiger partial charge in [-0.15, -0.1) is 0 Å². The Bertz CT molecular complexity index is 1600. The van der Waals surface area contributed by atoms with Crippen LogP contribution in [0, 0.1) is 5.92 Å². The molecule has 10 heteroatoms. The predicted molar refractivity (Wildman–Crippen MR) is 159 cm³/mol. The van der Waals surface area contributed by atoms with Crippen molar-refractivity contribution >= 4 is 19.7 Å². The van der Waals surface area contributed by atoms with Gasteiger partial charge >= 0.3 is 6.18 Å². The number of benzene rings is 3. The standard InChI is InChI=1S/C32H38F3NO4S2/c1-30(2,3)41(37,38)27-16-14-24(15-17-27)29(23-10-7-6-8-11-23)36-20-18-25(19-21-36)31(4,5)42(39,40)28-13-9-12-26(22-28)32(33,34)35/h6-17,22,25,29H,18-21H2,1-5H3. The molecule has 0 bridgehead atoms. The molecule has 1 atom stereocenters. The van der Waals surface area contributed by atoms with Crippen molar-refractivity contribution in [3.8, 4) is 0 Å².